The number of hydrogen-bond acceptors (Lipinski definition) is 18. The third-order valence-electron chi connectivity index (χ3n) is 17.5. The molecule has 21 heteroatoms. The quantitative estimate of drug-likeness (QED) is 0.0965. The van der Waals surface area contributed by atoms with Gasteiger partial charge in [-0.05, 0) is 131 Å². The lowest BCUT2D eigenvalue weighted by molar-refractivity contribution is -0.318. The summed E-state index contributed by atoms with van der Waals surface area (Å²) in [4.78, 5) is 18.9. The number of esters is 1. The van der Waals surface area contributed by atoms with E-state index in [2.05, 4.69) is 16.9 Å². The Balaban J connectivity index is 1.22. The highest BCUT2D eigenvalue weighted by Gasteiger charge is 2.61. The lowest BCUT2D eigenvalue weighted by Crippen LogP contribution is -2.61. The predicted octanol–water partition coefficient (Wildman–Crippen LogP) is 4.43. The summed E-state index contributed by atoms with van der Waals surface area (Å²) in [5, 5.41) is 69.3. The van der Waals surface area contributed by atoms with Gasteiger partial charge in [-0.15, -0.1) is 11.7 Å². The number of aryl methyl sites for hydroxylation is 1. The van der Waals surface area contributed by atoms with Crippen molar-refractivity contribution in [2.75, 3.05) is 47.2 Å². The van der Waals surface area contributed by atoms with Crippen molar-refractivity contribution in [2.24, 2.45) is 23.7 Å². The lowest BCUT2D eigenvalue weighted by atomic mass is 9.77. The van der Waals surface area contributed by atoms with E-state index in [-0.39, 0.29) is 36.0 Å². The van der Waals surface area contributed by atoms with Crippen LogP contribution in [0.15, 0.2) is 48.0 Å². The van der Waals surface area contributed by atoms with E-state index in [0.29, 0.717) is 70.3 Å². The molecule has 3 aliphatic heterocycles. The minimum atomic E-state index is -3.29. The molecular formula is C56H92FN5O14S. The summed E-state index contributed by atoms with van der Waals surface area (Å²) in [5.41, 5.74) is -3.83. The molecule has 4 aliphatic rings. The highest BCUT2D eigenvalue weighted by molar-refractivity contribution is 7.90. The lowest BCUT2D eigenvalue weighted by Gasteiger charge is -2.49. The van der Waals surface area contributed by atoms with E-state index in [1.54, 1.807) is 76.6 Å². The van der Waals surface area contributed by atoms with Crippen LogP contribution in [0.2, 0.25) is 0 Å². The van der Waals surface area contributed by atoms with E-state index < -0.39 is 124 Å². The molecule has 438 valence electrons. The Morgan fingerprint density at radius 1 is 1.03 bits per heavy atom. The Morgan fingerprint density at radius 2 is 1.70 bits per heavy atom. The smallest absolute Gasteiger partial charge is 0.311 e. The first kappa shape index (κ1) is 63.2. The number of aliphatic hydroxyl groups is 5. The number of rotatable bonds is 19. The van der Waals surface area contributed by atoms with Crippen molar-refractivity contribution in [3.05, 3.63) is 54.4 Å². The van der Waals surface area contributed by atoms with Crippen LogP contribution in [0.1, 0.15) is 118 Å². The molecule has 4 heterocycles. The number of halogens is 1. The Labute approximate surface area is 456 Å². The number of benzene rings is 1. The van der Waals surface area contributed by atoms with Crippen LogP contribution in [-0.2, 0) is 62.4 Å². The van der Waals surface area contributed by atoms with Gasteiger partial charge in [-0.1, -0.05) is 37.3 Å². The van der Waals surface area contributed by atoms with E-state index in [0.717, 1.165) is 5.56 Å². The van der Waals surface area contributed by atoms with Gasteiger partial charge in [-0.3, -0.25) is 18.8 Å². The molecule has 0 amide bonds. The van der Waals surface area contributed by atoms with Gasteiger partial charge in [0.05, 0.1) is 58.8 Å². The van der Waals surface area contributed by atoms with Crippen molar-refractivity contribution in [1.29, 1.82) is 0 Å². The molecule has 4 fully saturated rings. The molecule has 1 aliphatic carbocycles. The summed E-state index contributed by atoms with van der Waals surface area (Å²) >= 11 is 0. The Bertz CT molecular complexity index is 2340. The molecule has 2 aromatic rings. The molecule has 3 saturated heterocycles. The molecule has 1 saturated carbocycles. The zero-order chi connectivity index (χ0) is 57.0. The van der Waals surface area contributed by atoms with Gasteiger partial charge < -0.3 is 58.9 Å². The molecular weight excluding hydrogens is 1020 g/mol. The minimum Gasteiger partial charge on any atom is -0.459 e. The fraction of sp³-hybridized carbons (Fsp3) is 0.804. The van der Waals surface area contributed by atoms with Crippen molar-refractivity contribution in [3.63, 3.8) is 0 Å². The number of methoxy groups -OCH3 is 1. The number of cyclic esters (lactones) is 1. The first-order chi connectivity index (χ1) is 36.0. The van der Waals surface area contributed by atoms with Gasteiger partial charge in [0.1, 0.15) is 30.0 Å². The molecule has 77 heavy (non-hydrogen) atoms. The maximum atomic E-state index is 14.6. The maximum Gasteiger partial charge on any atom is 0.311 e. The van der Waals surface area contributed by atoms with Crippen LogP contribution in [0.3, 0.4) is 0 Å². The Morgan fingerprint density at radius 3 is 2.30 bits per heavy atom. The topological polar surface area (TPSA) is 245 Å². The first-order valence-electron chi connectivity index (χ1n) is 27.7. The molecule has 18 atom stereocenters. The molecule has 5 N–H and O–H groups in total. The molecule has 0 bridgehead atoms. The van der Waals surface area contributed by atoms with Gasteiger partial charge in [-0.25, -0.2) is 8.42 Å². The highest BCUT2D eigenvalue weighted by atomic mass is 32.2. The number of sulfone groups is 1. The number of nitrogens with zero attached hydrogens (tertiary/aromatic N) is 5. The van der Waals surface area contributed by atoms with E-state index in [4.69, 9.17) is 28.4 Å². The third-order valence-corrected chi connectivity index (χ3v) is 18.6. The largest absolute Gasteiger partial charge is 0.459 e. The molecule has 0 radical (unpaired) electrons. The zero-order valence-corrected chi connectivity index (χ0v) is 48.5. The van der Waals surface area contributed by atoms with Crippen molar-refractivity contribution in [3.8, 4) is 0 Å². The number of carbonyl (C=O) groups excluding carboxylic acids is 1. The van der Waals surface area contributed by atoms with Gasteiger partial charge in [0.2, 0.25) is 0 Å². The highest BCUT2D eigenvalue weighted by Crippen LogP contribution is 2.49. The van der Waals surface area contributed by atoms with E-state index in [9.17, 15) is 43.1 Å². The average molecular weight is 1110 g/mol. The Hall–Kier alpha value is -3.03. The summed E-state index contributed by atoms with van der Waals surface area (Å²) in [5.74, 6) is -3.36. The fourth-order valence-electron chi connectivity index (χ4n) is 12.3. The number of hydrogen-bond donors (Lipinski definition) is 5. The molecule has 1 spiro atoms. The summed E-state index contributed by atoms with van der Waals surface area (Å²) in [6, 6.07) is 6.29. The number of aliphatic hydroxyl groups excluding tert-OH is 3. The van der Waals surface area contributed by atoms with E-state index in [1.807, 2.05) is 37.0 Å². The fourth-order valence-corrected chi connectivity index (χ4v) is 12.9. The number of alkyl halides is 1. The van der Waals surface area contributed by atoms with Crippen LogP contribution in [0.25, 0.3) is 0 Å². The first-order valence-corrected chi connectivity index (χ1v) is 29.6. The number of likely N-dealkylation sites (N-methyl/N-ethyl adjacent to an activating group) is 2. The SMILES string of the molecule is C=C[C@H]1CN(C)C2(CC2)[C@@H](O)[C@](C)(O)[C@@H](CC)OC(=O)[C@H](C)[C@@H](OC2C[C@@](C)(OC)[C@@H](O)[C@H](C)O2)[C@H](C)[C@@H](O[C@@H]2O[C@H](C)C[C@H](N(C)CCc3cn(C[C@H](CF)CCCc4ccc(S(C)(=O)=O)cc4)nn3)[C@H]2O)[C@](C)(O)C1. The summed E-state index contributed by atoms with van der Waals surface area (Å²) < 4.78 is 78.1. The molecule has 1 unspecified atom stereocenters. The van der Waals surface area contributed by atoms with Crippen LogP contribution in [0.4, 0.5) is 4.39 Å². The number of aromatic nitrogens is 3. The number of carbonyl (C=O) groups is 1. The van der Waals surface area contributed by atoms with Gasteiger partial charge in [0.15, 0.2) is 22.4 Å². The van der Waals surface area contributed by atoms with Crippen molar-refractivity contribution in [2.45, 2.75) is 221 Å². The molecule has 6 rings (SSSR count). The summed E-state index contributed by atoms with van der Waals surface area (Å²) in [7, 11) is 1.97. The van der Waals surface area contributed by atoms with Gasteiger partial charge in [0, 0.05) is 75.5 Å². The molecule has 19 nitrogen and oxygen atoms in total. The van der Waals surface area contributed by atoms with Crippen LogP contribution in [0, 0.1) is 23.7 Å². The monoisotopic (exact) mass is 1110 g/mol. The van der Waals surface area contributed by atoms with Gasteiger partial charge in [0.25, 0.3) is 0 Å². The molecule has 1 aromatic carbocycles. The molecule has 1 aromatic heterocycles. The predicted molar refractivity (Wildman–Crippen MR) is 286 cm³/mol. The van der Waals surface area contributed by atoms with Crippen molar-refractivity contribution in [1.82, 2.24) is 24.8 Å². The van der Waals surface area contributed by atoms with Gasteiger partial charge >= 0.3 is 5.97 Å². The van der Waals surface area contributed by atoms with E-state index in [1.165, 1.54) is 20.3 Å². The average Bonchev–Trinajstić information content (AvgIpc) is 4.08. The standard InChI is InChI=1S/C56H92FN5O14S/c1-14-38-28-53(7,67)49(35(4)47(75-45-29-54(8,71-12)48(64)37(6)73-45)36(5)50(65)74-44(15-2)55(9,68)52(66)56(24-25-56)61(11)31-38)76-51-46(63)43(27-34(3)72-51)60(10)26-23-41-33-62(59-58-41)32-40(30-57)18-16-17-39-19-21-42(22-20-39)77(13,69)70/h14,19-22,33-38,40,43-49,51-52,63-64,66-68H,1,15-18,23-32H2,2-13H3/t34-,35+,36-,37+,38-,40+,43+,44-,45?,46-,47+,48+,49-,51+,52+,53-,54-,55-/m1/s1. The summed E-state index contributed by atoms with van der Waals surface area (Å²) in [6.45, 7) is 18.5. The number of ether oxygens (including phenoxy) is 6. The van der Waals surface area contributed by atoms with Crippen LogP contribution >= 0.6 is 0 Å². The van der Waals surface area contributed by atoms with Gasteiger partial charge in [-0.2, -0.15) is 0 Å². The second-order valence-corrected chi connectivity index (χ2v) is 25.9. The minimum absolute atomic E-state index is 0.0759. The zero-order valence-electron chi connectivity index (χ0n) is 47.7. The second kappa shape index (κ2) is 25.8. The Kier molecular flexibility index (Phi) is 21.2. The van der Waals surface area contributed by atoms with Crippen LogP contribution in [0.5, 0.6) is 0 Å². The van der Waals surface area contributed by atoms with E-state index >= 15 is 0 Å². The van der Waals surface area contributed by atoms with Crippen LogP contribution in [-0.4, -0.2) is 202 Å². The third kappa shape index (κ3) is 14.9. The second-order valence-electron chi connectivity index (χ2n) is 23.8. The maximum absolute atomic E-state index is 14.6. The van der Waals surface area contributed by atoms with Crippen LogP contribution < -0.4 is 0 Å². The normalized spacial score (nSPS) is 38.2. The van der Waals surface area contributed by atoms with Crippen molar-refractivity contribution < 1.29 is 71.6 Å². The van der Waals surface area contributed by atoms with Crippen molar-refractivity contribution >= 4 is 15.8 Å². The summed E-state index contributed by atoms with van der Waals surface area (Å²) in [6.07, 6.45) is -1.23.